The molecule has 0 spiro atoms. The number of hydrogen-bond acceptors (Lipinski definition) is 7. The molecule has 1 aliphatic heterocycles. The molecule has 2 heterocycles. The predicted octanol–water partition coefficient (Wildman–Crippen LogP) is 4.81. The van der Waals surface area contributed by atoms with Crippen LogP contribution in [0.25, 0.3) is 5.69 Å². The number of likely N-dealkylation sites (tertiary alicyclic amines) is 1. The number of rotatable bonds is 8. The number of aromatic nitrogens is 3. The smallest absolute Gasteiger partial charge is 0.237 e. The van der Waals surface area contributed by atoms with Crippen LogP contribution in [0.5, 0.6) is 5.75 Å². The molecule has 3 aromatic rings. The Hall–Kier alpha value is -3.35. The van der Waals surface area contributed by atoms with Gasteiger partial charge in [0.05, 0.1) is 30.0 Å². The summed E-state index contributed by atoms with van der Waals surface area (Å²) < 4.78 is 7.38. The lowest BCUT2D eigenvalue weighted by Crippen LogP contribution is -2.33. The molecule has 2 unspecified atom stereocenters. The van der Waals surface area contributed by atoms with Gasteiger partial charge in [0.25, 0.3) is 0 Å². The van der Waals surface area contributed by atoms with E-state index in [-0.39, 0.29) is 11.9 Å². The zero-order valence-electron chi connectivity index (χ0n) is 20.3. The molecule has 2 atom stereocenters. The fourth-order valence-electron chi connectivity index (χ4n) is 4.19. The van der Waals surface area contributed by atoms with Crippen LogP contribution in [0.3, 0.4) is 0 Å². The number of piperidine rings is 1. The molecule has 0 saturated carbocycles. The monoisotopic (exact) mass is 490 g/mol. The summed E-state index contributed by atoms with van der Waals surface area (Å²) >= 11 is 1.36. The van der Waals surface area contributed by atoms with Gasteiger partial charge in [-0.25, -0.2) is 0 Å². The average molecular weight is 491 g/mol. The number of amides is 1. The molecule has 1 aliphatic rings. The molecule has 1 amide bonds. The zero-order valence-corrected chi connectivity index (χ0v) is 21.1. The standard InChI is InChI=1S/C26H30N6O2S/c1-18(31-14-5-4-6-15-31)24-29-30-26(32(24)22-10-12-23(34-3)13-11-22)35-19(2)25(33)28-21-9-7-8-20(16-21)17-27/h7-13,16,18-19H,4-6,14-15H2,1-3H3,(H,28,33). The van der Waals surface area contributed by atoms with Crippen molar-refractivity contribution in [3.63, 3.8) is 0 Å². The summed E-state index contributed by atoms with van der Waals surface area (Å²) in [6, 6.07) is 16.9. The molecule has 1 N–H and O–H groups in total. The van der Waals surface area contributed by atoms with Crippen LogP contribution in [0, 0.1) is 11.3 Å². The number of ether oxygens (including phenoxy) is 1. The van der Waals surface area contributed by atoms with Gasteiger partial charge in [-0.15, -0.1) is 10.2 Å². The largest absolute Gasteiger partial charge is 0.497 e. The number of anilines is 1. The first kappa shape index (κ1) is 24.8. The molecule has 9 heteroatoms. The van der Waals surface area contributed by atoms with Crippen molar-refractivity contribution in [2.24, 2.45) is 0 Å². The number of benzene rings is 2. The molecule has 8 nitrogen and oxygen atoms in total. The maximum atomic E-state index is 12.9. The minimum atomic E-state index is -0.430. The molecule has 4 rings (SSSR count). The Balaban J connectivity index is 1.59. The van der Waals surface area contributed by atoms with E-state index < -0.39 is 5.25 Å². The first-order chi connectivity index (χ1) is 17.0. The predicted molar refractivity (Wildman–Crippen MR) is 137 cm³/mol. The molecular weight excluding hydrogens is 460 g/mol. The minimum Gasteiger partial charge on any atom is -0.497 e. The summed E-state index contributed by atoms with van der Waals surface area (Å²) in [5, 5.41) is 21.3. The van der Waals surface area contributed by atoms with Crippen LogP contribution in [-0.4, -0.2) is 51.0 Å². The highest BCUT2D eigenvalue weighted by Gasteiger charge is 2.27. The highest BCUT2D eigenvalue weighted by Crippen LogP contribution is 2.32. The third-order valence-electron chi connectivity index (χ3n) is 6.21. The number of nitrogens with zero attached hydrogens (tertiary/aromatic N) is 5. The van der Waals surface area contributed by atoms with E-state index in [0.29, 0.717) is 16.4 Å². The van der Waals surface area contributed by atoms with Crippen molar-refractivity contribution < 1.29 is 9.53 Å². The summed E-state index contributed by atoms with van der Waals surface area (Å²) in [7, 11) is 1.64. The fourth-order valence-corrected chi connectivity index (χ4v) is 5.07. The number of hydrogen-bond donors (Lipinski definition) is 1. The Morgan fingerprint density at radius 2 is 1.86 bits per heavy atom. The van der Waals surface area contributed by atoms with Crippen molar-refractivity contribution in [1.29, 1.82) is 5.26 Å². The van der Waals surface area contributed by atoms with Crippen molar-refractivity contribution in [3.8, 4) is 17.5 Å². The van der Waals surface area contributed by atoms with E-state index in [4.69, 9.17) is 10.00 Å². The topological polar surface area (TPSA) is 96.1 Å². The number of thioether (sulfide) groups is 1. The molecule has 0 radical (unpaired) electrons. The Kier molecular flexibility index (Phi) is 8.06. The lowest BCUT2D eigenvalue weighted by Gasteiger charge is -2.32. The summed E-state index contributed by atoms with van der Waals surface area (Å²) in [6.45, 7) is 6.09. The highest BCUT2D eigenvalue weighted by molar-refractivity contribution is 8.00. The Morgan fingerprint density at radius 1 is 1.11 bits per heavy atom. The van der Waals surface area contributed by atoms with Crippen molar-refractivity contribution >= 4 is 23.4 Å². The first-order valence-electron chi connectivity index (χ1n) is 11.8. The first-order valence-corrected chi connectivity index (χ1v) is 12.7. The van der Waals surface area contributed by atoms with Crippen LogP contribution in [0.15, 0.2) is 53.7 Å². The minimum absolute atomic E-state index is 0.0945. The average Bonchev–Trinajstić information content (AvgIpc) is 3.32. The number of methoxy groups -OCH3 is 1. The van der Waals surface area contributed by atoms with Gasteiger partial charge < -0.3 is 10.1 Å². The number of nitriles is 1. The molecule has 35 heavy (non-hydrogen) atoms. The maximum Gasteiger partial charge on any atom is 0.237 e. The molecular formula is C26H30N6O2S. The maximum absolute atomic E-state index is 12.9. The van der Waals surface area contributed by atoms with Crippen molar-refractivity contribution in [2.75, 3.05) is 25.5 Å². The molecule has 0 aliphatic carbocycles. The third-order valence-corrected chi connectivity index (χ3v) is 7.25. The highest BCUT2D eigenvalue weighted by atomic mass is 32.2. The van der Waals surface area contributed by atoms with Crippen molar-refractivity contribution in [3.05, 3.63) is 59.9 Å². The second-order valence-corrected chi connectivity index (χ2v) is 9.90. The van der Waals surface area contributed by atoms with E-state index in [1.165, 1.54) is 31.0 Å². The molecule has 1 aromatic heterocycles. The van der Waals surface area contributed by atoms with Crippen LogP contribution in [0.4, 0.5) is 5.69 Å². The lowest BCUT2D eigenvalue weighted by atomic mass is 10.1. The van der Waals surface area contributed by atoms with Gasteiger partial charge in [0.1, 0.15) is 5.75 Å². The van der Waals surface area contributed by atoms with Crippen molar-refractivity contribution in [1.82, 2.24) is 19.7 Å². The van der Waals surface area contributed by atoms with E-state index in [1.54, 1.807) is 31.4 Å². The summed E-state index contributed by atoms with van der Waals surface area (Å²) in [6.07, 6.45) is 3.64. The number of carbonyl (C=O) groups is 1. The SMILES string of the molecule is COc1ccc(-n2c(SC(C)C(=O)Nc3cccc(C#N)c3)nnc2C(C)N2CCCCC2)cc1. The van der Waals surface area contributed by atoms with E-state index in [2.05, 4.69) is 33.4 Å². The second-order valence-electron chi connectivity index (χ2n) is 8.59. The molecule has 1 fully saturated rings. The Labute approximate surface area is 210 Å². The van der Waals surface area contributed by atoms with Crippen LogP contribution < -0.4 is 10.1 Å². The summed E-state index contributed by atoms with van der Waals surface area (Å²) in [4.78, 5) is 15.4. The van der Waals surface area contributed by atoms with Crippen LogP contribution in [0.2, 0.25) is 0 Å². The van der Waals surface area contributed by atoms with E-state index in [9.17, 15) is 4.79 Å². The quantitative estimate of drug-likeness (QED) is 0.453. The van der Waals surface area contributed by atoms with Gasteiger partial charge in [0, 0.05) is 11.4 Å². The van der Waals surface area contributed by atoms with Gasteiger partial charge in [-0.2, -0.15) is 5.26 Å². The van der Waals surface area contributed by atoms with Crippen LogP contribution >= 0.6 is 11.8 Å². The Morgan fingerprint density at radius 3 is 2.54 bits per heavy atom. The van der Waals surface area contributed by atoms with Crippen molar-refractivity contribution in [2.45, 2.75) is 49.6 Å². The van der Waals surface area contributed by atoms with Gasteiger partial charge in [-0.1, -0.05) is 24.2 Å². The van der Waals surface area contributed by atoms with Gasteiger partial charge in [-0.3, -0.25) is 14.3 Å². The summed E-state index contributed by atoms with van der Waals surface area (Å²) in [5.74, 6) is 1.46. The second kappa shape index (κ2) is 11.4. The van der Waals surface area contributed by atoms with Gasteiger partial charge >= 0.3 is 0 Å². The molecule has 2 aromatic carbocycles. The number of nitrogens with one attached hydrogen (secondary N) is 1. The normalized spacial score (nSPS) is 15.7. The molecule has 1 saturated heterocycles. The third kappa shape index (κ3) is 5.84. The van der Waals surface area contributed by atoms with E-state index in [0.717, 1.165) is 30.4 Å². The summed E-state index contributed by atoms with van der Waals surface area (Å²) in [5.41, 5.74) is 2.02. The van der Waals surface area contributed by atoms with E-state index in [1.807, 2.05) is 35.8 Å². The zero-order chi connectivity index (χ0) is 24.8. The molecule has 182 valence electrons. The van der Waals surface area contributed by atoms with Crippen LogP contribution in [0.1, 0.15) is 50.5 Å². The fraction of sp³-hybridized carbons (Fsp3) is 0.385. The van der Waals surface area contributed by atoms with E-state index >= 15 is 0 Å². The van der Waals surface area contributed by atoms with Gasteiger partial charge in [-0.05, 0) is 82.2 Å². The van der Waals surface area contributed by atoms with Crippen LogP contribution in [-0.2, 0) is 4.79 Å². The van der Waals surface area contributed by atoms with Gasteiger partial charge in [0.15, 0.2) is 11.0 Å². The molecule has 0 bridgehead atoms. The van der Waals surface area contributed by atoms with Gasteiger partial charge in [0.2, 0.25) is 5.91 Å². The number of carbonyl (C=O) groups excluding carboxylic acids is 1. The Bertz CT molecular complexity index is 1200. The lowest BCUT2D eigenvalue weighted by molar-refractivity contribution is -0.115.